The fourth-order valence-corrected chi connectivity index (χ4v) is 6.80. The number of nitrogens with zero attached hydrogens (tertiary/aromatic N) is 2. The number of carbonyl (C=O) groups is 2. The summed E-state index contributed by atoms with van der Waals surface area (Å²) in [6.45, 7) is 1.27. The average molecular weight is 437 g/mol. The summed E-state index contributed by atoms with van der Waals surface area (Å²) in [6, 6.07) is 10.7. The van der Waals surface area contributed by atoms with Gasteiger partial charge in [-0.05, 0) is 71.0 Å². The Labute approximate surface area is 189 Å². The molecule has 2 saturated carbocycles. The van der Waals surface area contributed by atoms with Gasteiger partial charge in [0.2, 0.25) is 11.8 Å². The first-order chi connectivity index (χ1) is 15.0. The molecule has 2 aliphatic carbocycles. The van der Waals surface area contributed by atoms with Crippen LogP contribution in [0.2, 0.25) is 0 Å². The fourth-order valence-electron chi connectivity index (χ4n) is 6.13. The van der Waals surface area contributed by atoms with Gasteiger partial charge in [0.25, 0.3) is 0 Å². The molecule has 5 rings (SSSR count). The van der Waals surface area contributed by atoms with Crippen LogP contribution >= 0.6 is 11.3 Å². The standard InChI is InChI=1S/C26H32N2O2S/c1-27(2)25(30)26(15-18-7-9-19(10-8-18)20-11-14-31-16-20)12-13-28(17-26)24(29)23-21-5-3-4-6-22(21)23/h7-11,14,16,21-23H,3-6,12-13,15,17H2,1-2H3/t21-,22-,26-/m0/s1. The van der Waals surface area contributed by atoms with Crippen molar-refractivity contribution in [3.05, 3.63) is 46.7 Å². The first kappa shape index (κ1) is 20.7. The Balaban J connectivity index is 1.33. The molecule has 0 spiro atoms. The van der Waals surface area contributed by atoms with Crippen LogP contribution in [0.3, 0.4) is 0 Å². The molecule has 1 saturated heterocycles. The molecule has 0 bridgehead atoms. The Hall–Kier alpha value is -2.14. The molecule has 1 aromatic carbocycles. The molecule has 31 heavy (non-hydrogen) atoms. The van der Waals surface area contributed by atoms with E-state index in [2.05, 4.69) is 41.1 Å². The molecule has 0 N–H and O–H groups in total. The highest BCUT2D eigenvalue weighted by Gasteiger charge is 2.57. The SMILES string of the molecule is CN(C)C(=O)[C@]1(Cc2ccc(-c3ccsc3)cc2)CCN(C(=O)C2[C@H]3CCCC[C@H]23)C1. The van der Waals surface area contributed by atoms with E-state index in [0.717, 1.165) is 6.42 Å². The van der Waals surface area contributed by atoms with E-state index in [4.69, 9.17) is 0 Å². The third kappa shape index (κ3) is 3.82. The lowest BCUT2D eigenvalue weighted by Gasteiger charge is -2.31. The summed E-state index contributed by atoms with van der Waals surface area (Å²) in [5.74, 6) is 1.93. The van der Waals surface area contributed by atoms with E-state index in [1.165, 1.54) is 42.4 Å². The van der Waals surface area contributed by atoms with Gasteiger partial charge in [0.05, 0.1) is 5.41 Å². The number of rotatable bonds is 5. The smallest absolute Gasteiger partial charge is 0.230 e. The molecule has 4 nitrogen and oxygen atoms in total. The maximum atomic E-state index is 13.3. The van der Waals surface area contributed by atoms with Crippen molar-refractivity contribution in [2.75, 3.05) is 27.2 Å². The van der Waals surface area contributed by atoms with E-state index in [1.54, 1.807) is 16.2 Å². The van der Waals surface area contributed by atoms with Crippen LogP contribution in [0.4, 0.5) is 0 Å². The van der Waals surface area contributed by atoms with Crippen LogP contribution in [0.15, 0.2) is 41.1 Å². The third-order valence-electron chi connectivity index (χ3n) is 7.82. The second-order valence-corrected chi connectivity index (χ2v) is 10.8. The molecule has 0 unspecified atom stereocenters. The molecule has 2 amide bonds. The molecule has 3 atom stereocenters. The summed E-state index contributed by atoms with van der Waals surface area (Å²) in [5.41, 5.74) is 3.10. The highest BCUT2D eigenvalue weighted by molar-refractivity contribution is 7.08. The minimum atomic E-state index is -0.511. The summed E-state index contributed by atoms with van der Waals surface area (Å²) in [5, 5.41) is 4.25. The van der Waals surface area contributed by atoms with Crippen molar-refractivity contribution >= 4 is 23.2 Å². The molecular weight excluding hydrogens is 404 g/mol. The molecule has 1 aromatic heterocycles. The van der Waals surface area contributed by atoms with Crippen LogP contribution in [0.1, 0.15) is 37.7 Å². The Morgan fingerprint density at radius 1 is 1.06 bits per heavy atom. The van der Waals surface area contributed by atoms with Crippen molar-refractivity contribution in [2.24, 2.45) is 23.2 Å². The van der Waals surface area contributed by atoms with E-state index in [-0.39, 0.29) is 11.8 Å². The highest BCUT2D eigenvalue weighted by atomic mass is 32.1. The molecular formula is C26H32N2O2S. The van der Waals surface area contributed by atoms with Crippen molar-refractivity contribution in [2.45, 2.75) is 38.5 Å². The van der Waals surface area contributed by atoms with Gasteiger partial charge in [0.1, 0.15) is 0 Å². The fraction of sp³-hybridized carbons (Fsp3) is 0.538. The van der Waals surface area contributed by atoms with Crippen LogP contribution in [-0.4, -0.2) is 48.8 Å². The van der Waals surface area contributed by atoms with Gasteiger partial charge in [-0.15, -0.1) is 0 Å². The van der Waals surface area contributed by atoms with Gasteiger partial charge in [-0.25, -0.2) is 0 Å². The second kappa shape index (κ2) is 8.09. The van der Waals surface area contributed by atoms with E-state index in [1.807, 2.05) is 19.0 Å². The van der Waals surface area contributed by atoms with E-state index in [9.17, 15) is 9.59 Å². The summed E-state index contributed by atoms with van der Waals surface area (Å²) >= 11 is 1.70. The molecule has 3 fully saturated rings. The van der Waals surface area contributed by atoms with Gasteiger partial charge in [0, 0.05) is 33.1 Å². The van der Waals surface area contributed by atoms with E-state index >= 15 is 0 Å². The minimum Gasteiger partial charge on any atom is -0.348 e. The van der Waals surface area contributed by atoms with Gasteiger partial charge >= 0.3 is 0 Å². The predicted octanol–water partition coefficient (Wildman–Crippen LogP) is 4.70. The highest BCUT2D eigenvalue weighted by Crippen LogP contribution is 2.56. The Bertz CT molecular complexity index is 940. The topological polar surface area (TPSA) is 40.6 Å². The second-order valence-electron chi connectivity index (χ2n) is 10.0. The third-order valence-corrected chi connectivity index (χ3v) is 8.50. The van der Waals surface area contributed by atoms with Crippen LogP contribution in [-0.2, 0) is 16.0 Å². The summed E-state index contributed by atoms with van der Waals surface area (Å²) in [7, 11) is 3.67. The van der Waals surface area contributed by atoms with Crippen molar-refractivity contribution in [3.63, 3.8) is 0 Å². The maximum Gasteiger partial charge on any atom is 0.230 e. The summed E-state index contributed by atoms with van der Waals surface area (Å²) in [6.07, 6.45) is 6.42. The molecule has 3 aliphatic rings. The lowest BCUT2D eigenvalue weighted by atomic mass is 9.79. The van der Waals surface area contributed by atoms with E-state index in [0.29, 0.717) is 37.3 Å². The van der Waals surface area contributed by atoms with Gasteiger partial charge in [0.15, 0.2) is 0 Å². The predicted molar refractivity (Wildman–Crippen MR) is 125 cm³/mol. The average Bonchev–Trinajstić information content (AvgIpc) is 3.09. The van der Waals surface area contributed by atoms with Crippen LogP contribution in [0, 0.1) is 23.2 Å². The van der Waals surface area contributed by atoms with Gasteiger partial charge in [-0.2, -0.15) is 11.3 Å². The summed E-state index contributed by atoms with van der Waals surface area (Å²) in [4.78, 5) is 30.3. The molecule has 5 heteroatoms. The normalized spacial score (nSPS) is 29.5. The van der Waals surface area contributed by atoms with Crippen LogP contribution < -0.4 is 0 Å². The zero-order valence-corrected chi connectivity index (χ0v) is 19.4. The number of likely N-dealkylation sites (tertiary alicyclic amines) is 1. The van der Waals surface area contributed by atoms with Crippen LogP contribution in [0.25, 0.3) is 11.1 Å². The van der Waals surface area contributed by atoms with Crippen molar-refractivity contribution in [3.8, 4) is 11.1 Å². The molecule has 2 aromatic rings. The lowest BCUT2D eigenvalue weighted by Crippen LogP contribution is -2.45. The van der Waals surface area contributed by atoms with Gasteiger partial charge in [-0.1, -0.05) is 37.1 Å². The number of benzene rings is 1. The first-order valence-electron chi connectivity index (χ1n) is 11.6. The molecule has 1 aliphatic heterocycles. The van der Waals surface area contributed by atoms with Crippen molar-refractivity contribution < 1.29 is 9.59 Å². The quantitative estimate of drug-likeness (QED) is 0.682. The molecule has 164 valence electrons. The zero-order chi connectivity index (χ0) is 21.6. The molecule has 0 radical (unpaired) electrons. The number of carbonyl (C=O) groups excluding carboxylic acids is 2. The van der Waals surface area contributed by atoms with Gasteiger partial charge in [-0.3, -0.25) is 9.59 Å². The van der Waals surface area contributed by atoms with Crippen molar-refractivity contribution in [1.82, 2.24) is 9.80 Å². The minimum absolute atomic E-state index is 0.151. The van der Waals surface area contributed by atoms with Gasteiger partial charge < -0.3 is 9.80 Å². The summed E-state index contributed by atoms with van der Waals surface area (Å²) < 4.78 is 0. The number of hydrogen-bond acceptors (Lipinski definition) is 3. The number of fused-ring (bicyclic) bond motifs is 1. The van der Waals surface area contributed by atoms with E-state index < -0.39 is 5.41 Å². The largest absolute Gasteiger partial charge is 0.348 e. The monoisotopic (exact) mass is 436 g/mol. The molecule has 2 heterocycles. The van der Waals surface area contributed by atoms with Crippen molar-refractivity contribution in [1.29, 1.82) is 0 Å². The van der Waals surface area contributed by atoms with Crippen LogP contribution in [0.5, 0.6) is 0 Å². The Morgan fingerprint density at radius 3 is 2.39 bits per heavy atom. The zero-order valence-electron chi connectivity index (χ0n) is 18.5. The number of amides is 2. The Morgan fingerprint density at radius 2 is 1.77 bits per heavy atom. The number of thiophene rings is 1. The first-order valence-corrected chi connectivity index (χ1v) is 12.5. The lowest BCUT2D eigenvalue weighted by molar-refractivity contribution is -0.140. The Kier molecular flexibility index (Phi) is 5.41. The maximum absolute atomic E-state index is 13.3. The number of hydrogen-bond donors (Lipinski definition) is 0.